The maximum absolute atomic E-state index is 14.1. The van der Waals surface area contributed by atoms with Crippen LogP contribution in [-0.2, 0) is 30.8 Å². The minimum atomic E-state index is -0.493. The largest absolute Gasteiger partial charge is 0.337 e. The Labute approximate surface area is 302 Å². The van der Waals surface area contributed by atoms with Crippen LogP contribution < -0.4 is 5.32 Å². The molecule has 258 valence electrons. The summed E-state index contributed by atoms with van der Waals surface area (Å²) in [5.41, 5.74) is 5.91. The first-order valence-corrected chi connectivity index (χ1v) is 18.8. The van der Waals surface area contributed by atoms with Crippen LogP contribution in [0.3, 0.4) is 0 Å². The number of hydrogen-bond donors (Lipinski definition) is 1. The number of nitrogens with one attached hydrogen (secondary N) is 1. The quantitative estimate of drug-likeness (QED) is 0.171. The Hall–Kier alpha value is -3.28. The van der Waals surface area contributed by atoms with E-state index in [2.05, 4.69) is 78.2 Å². The molecule has 2 fully saturated rings. The van der Waals surface area contributed by atoms with Crippen LogP contribution in [-0.4, -0.2) is 73.9 Å². The van der Waals surface area contributed by atoms with E-state index in [0.717, 1.165) is 72.2 Å². The lowest BCUT2D eigenvalue weighted by atomic mass is 9.95. The zero-order valence-corrected chi connectivity index (χ0v) is 30.2. The van der Waals surface area contributed by atoms with E-state index < -0.39 is 6.23 Å². The van der Waals surface area contributed by atoms with Gasteiger partial charge in [-0.3, -0.25) is 19.6 Å². The Morgan fingerprint density at radius 3 is 2.69 bits per heavy atom. The molecule has 3 heterocycles. The molecule has 0 spiro atoms. The van der Waals surface area contributed by atoms with Gasteiger partial charge in [-0.2, -0.15) is 5.06 Å². The molecule has 3 aliphatic rings. The molecule has 2 atom stereocenters. The number of amides is 2. The Bertz CT molecular complexity index is 1630. The molecule has 9 nitrogen and oxygen atoms in total. The average Bonchev–Trinajstić information content (AvgIpc) is 3.58. The fraction of sp³-hybridized carbons (Fsp3) is 0.447. The van der Waals surface area contributed by atoms with Crippen LogP contribution in [0.15, 0.2) is 84.0 Å². The van der Waals surface area contributed by atoms with Gasteiger partial charge in [-0.15, -0.1) is 0 Å². The zero-order valence-electron chi connectivity index (χ0n) is 27.9. The predicted molar refractivity (Wildman–Crippen MR) is 195 cm³/mol. The van der Waals surface area contributed by atoms with Gasteiger partial charge in [0.25, 0.3) is 0 Å². The molecule has 0 bridgehead atoms. The summed E-state index contributed by atoms with van der Waals surface area (Å²) in [6.07, 6.45) is 15.3. The molecular weight excluding hydrogens is 702 g/mol. The van der Waals surface area contributed by atoms with Gasteiger partial charge in [-0.25, -0.2) is 9.78 Å². The van der Waals surface area contributed by atoms with Crippen LogP contribution in [0.2, 0.25) is 5.02 Å². The summed E-state index contributed by atoms with van der Waals surface area (Å²) in [7, 11) is 0. The molecule has 2 amide bonds. The number of aryl methyl sites for hydroxylation is 3. The number of carbonyl (C=O) groups is 1. The number of hydroxylamine groups is 2. The number of hydrogen-bond acceptors (Lipinski definition) is 6. The lowest BCUT2D eigenvalue weighted by molar-refractivity contribution is -0.250. The Kier molecular flexibility index (Phi) is 11.3. The van der Waals surface area contributed by atoms with Gasteiger partial charge in [-0.1, -0.05) is 67.3 Å². The lowest BCUT2D eigenvalue weighted by Gasteiger charge is -2.45. The van der Waals surface area contributed by atoms with Gasteiger partial charge < -0.3 is 9.88 Å². The van der Waals surface area contributed by atoms with E-state index in [0.29, 0.717) is 32.7 Å². The van der Waals surface area contributed by atoms with Crippen LogP contribution in [0, 0.1) is 0 Å². The molecule has 0 radical (unpaired) electrons. The third-order valence-electron chi connectivity index (χ3n) is 10.1. The lowest BCUT2D eigenvalue weighted by Crippen LogP contribution is -2.61. The van der Waals surface area contributed by atoms with Crippen LogP contribution >= 0.6 is 27.5 Å². The standard InChI is InChI=1S/C38H45BrClN7O2/c39-31-22-30-13-12-29-23-32(40)14-15-34(29)37(36(30)42-24-31)45-20-21-47(38(48)43-33-10-5-2-6-11-33)35(26-45)49-46(25-28-8-3-1-4-9-28)18-7-17-44-19-16-41-27-44/h1,3-4,8-9,14-16,19,22-24,27,33,35,37H,2,5-7,10-13,17-18,20-21,25-26H2,(H,43,48)/t35-,37-/m0/s1. The third-order valence-corrected chi connectivity index (χ3v) is 10.7. The van der Waals surface area contributed by atoms with E-state index in [1.807, 2.05) is 47.0 Å². The zero-order chi connectivity index (χ0) is 33.6. The van der Waals surface area contributed by atoms with Crippen molar-refractivity contribution in [3.05, 3.63) is 117 Å². The number of imidazole rings is 1. The third kappa shape index (κ3) is 8.55. The highest BCUT2D eigenvalue weighted by molar-refractivity contribution is 9.10. The molecule has 49 heavy (non-hydrogen) atoms. The van der Waals surface area contributed by atoms with E-state index in [1.165, 1.54) is 23.1 Å². The second kappa shape index (κ2) is 16.2. The minimum Gasteiger partial charge on any atom is -0.337 e. The molecule has 4 aromatic rings. The highest BCUT2D eigenvalue weighted by atomic mass is 79.9. The first kappa shape index (κ1) is 34.2. The van der Waals surface area contributed by atoms with E-state index in [4.69, 9.17) is 21.4 Å². The number of urea groups is 1. The average molecular weight is 747 g/mol. The van der Waals surface area contributed by atoms with Crippen molar-refractivity contribution in [1.29, 1.82) is 0 Å². The van der Waals surface area contributed by atoms with Crippen molar-refractivity contribution in [1.82, 2.24) is 34.7 Å². The summed E-state index contributed by atoms with van der Waals surface area (Å²) in [6, 6.07) is 19.0. The van der Waals surface area contributed by atoms with Gasteiger partial charge in [-0.05, 0) is 88.5 Å². The van der Waals surface area contributed by atoms with Crippen LogP contribution in [0.4, 0.5) is 4.79 Å². The van der Waals surface area contributed by atoms with E-state index >= 15 is 0 Å². The summed E-state index contributed by atoms with van der Waals surface area (Å²) in [5, 5.41) is 6.17. The monoisotopic (exact) mass is 745 g/mol. The van der Waals surface area contributed by atoms with E-state index in [9.17, 15) is 4.79 Å². The van der Waals surface area contributed by atoms with Crippen molar-refractivity contribution in [2.45, 2.75) is 82.8 Å². The minimum absolute atomic E-state index is 0.0369. The smallest absolute Gasteiger partial charge is 0.319 e. The fourth-order valence-corrected chi connectivity index (χ4v) is 8.16. The molecule has 1 saturated carbocycles. The van der Waals surface area contributed by atoms with Crippen molar-refractivity contribution in [2.75, 3.05) is 26.2 Å². The molecule has 0 unspecified atom stereocenters. The normalized spacial score (nSPS) is 20.1. The molecule has 2 aromatic carbocycles. The number of rotatable bonds is 10. The fourth-order valence-electron chi connectivity index (χ4n) is 7.59. The second-order valence-corrected chi connectivity index (χ2v) is 14.8. The number of fused-ring (bicyclic) bond motifs is 2. The number of pyridine rings is 1. The molecule has 2 aliphatic carbocycles. The SMILES string of the molecule is O=C(NC1CCCCC1)N1CCN([C@H]2c3ccc(Cl)cc3CCc3cc(Br)cnc32)C[C@@H]1ON(CCCn1ccnc1)Cc1ccccc1. The molecule has 7 rings (SSSR count). The maximum Gasteiger partial charge on any atom is 0.319 e. The topological polar surface area (TPSA) is 78.8 Å². The number of benzene rings is 2. The first-order chi connectivity index (χ1) is 24.0. The number of aromatic nitrogens is 3. The highest BCUT2D eigenvalue weighted by Gasteiger charge is 2.39. The summed E-state index contributed by atoms with van der Waals surface area (Å²) < 4.78 is 3.07. The number of nitrogens with zero attached hydrogens (tertiary/aromatic N) is 6. The second-order valence-electron chi connectivity index (χ2n) is 13.5. The Morgan fingerprint density at radius 1 is 1.04 bits per heavy atom. The molecule has 2 aromatic heterocycles. The molecular formula is C38H45BrClN7O2. The number of carbonyl (C=O) groups excluding carboxylic acids is 1. The maximum atomic E-state index is 14.1. The highest BCUT2D eigenvalue weighted by Crippen LogP contribution is 2.39. The summed E-state index contributed by atoms with van der Waals surface area (Å²) in [4.78, 5) is 34.6. The molecule has 1 saturated heterocycles. The summed E-state index contributed by atoms with van der Waals surface area (Å²) >= 11 is 10.2. The number of piperazine rings is 1. The van der Waals surface area contributed by atoms with E-state index in [-0.39, 0.29) is 18.1 Å². The van der Waals surface area contributed by atoms with E-state index in [1.54, 1.807) is 0 Å². The van der Waals surface area contributed by atoms with Crippen LogP contribution in [0.25, 0.3) is 0 Å². The molecule has 1 N–H and O–H groups in total. The Morgan fingerprint density at radius 2 is 1.88 bits per heavy atom. The van der Waals surface area contributed by atoms with Gasteiger partial charge in [0, 0.05) is 73.4 Å². The summed E-state index contributed by atoms with van der Waals surface area (Å²) in [5.74, 6) is 0. The van der Waals surface area contributed by atoms with Crippen molar-refractivity contribution < 1.29 is 9.63 Å². The van der Waals surface area contributed by atoms with Crippen molar-refractivity contribution in [2.24, 2.45) is 0 Å². The molecule has 1 aliphatic heterocycles. The van der Waals surface area contributed by atoms with Gasteiger partial charge in [0.05, 0.1) is 18.1 Å². The van der Waals surface area contributed by atoms with Gasteiger partial charge in [0.1, 0.15) is 0 Å². The van der Waals surface area contributed by atoms with Gasteiger partial charge in [0.2, 0.25) is 0 Å². The van der Waals surface area contributed by atoms with Crippen LogP contribution in [0.1, 0.15) is 72.5 Å². The van der Waals surface area contributed by atoms with Gasteiger partial charge >= 0.3 is 6.03 Å². The number of halogens is 2. The predicted octanol–water partition coefficient (Wildman–Crippen LogP) is 7.39. The Balaban J connectivity index is 1.19. The first-order valence-electron chi connectivity index (χ1n) is 17.7. The van der Waals surface area contributed by atoms with Crippen molar-refractivity contribution >= 4 is 33.6 Å². The van der Waals surface area contributed by atoms with Crippen LogP contribution in [0.5, 0.6) is 0 Å². The van der Waals surface area contributed by atoms with Crippen molar-refractivity contribution in [3.8, 4) is 0 Å². The van der Waals surface area contributed by atoms with Gasteiger partial charge in [0.15, 0.2) is 6.23 Å². The van der Waals surface area contributed by atoms with Crippen molar-refractivity contribution in [3.63, 3.8) is 0 Å². The molecule has 11 heteroatoms. The summed E-state index contributed by atoms with van der Waals surface area (Å²) in [6.45, 7) is 3.92.